The number of rotatable bonds is 8. The Bertz CT molecular complexity index is 777. The first-order valence-corrected chi connectivity index (χ1v) is 8.21. The summed E-state index contributed by atoms with van der Waals surface area (Å²) in [6.45, 7) is 1.38. The number of nitro benzene ring substituents is 1. The highest BCUT2D eigenvalue weighted by atomic mass is 16.6. The van der Waals surface area contributed by atoms with E-state index in [1.54, 1.807) is 0 Å². The molecule has 136 valence electrons. The average Bonchev–Trinajstić information content (AvgIpc) is 2.65. The van der Waals surface area contributed by atoms with Gasteiger partial charge in [0.1, 0.15) is 5.56 Å². The molecule has 0 fully saturated rings. The molecule has 0 saturated carbocycles. The van der Waals surface area contributed by atoms with E-state index in [1.165, 1.54) is 29.8 Å². The molecule has 0 aliphatic heterocycles. The third kappa shape index (κ3) is 5.70. The molecule has 26 heavy (non-hydrogen) atoms. The number of hydrogen-bond donors (Lipinski definition) is 1. The van der Waals surface area contributed by atoms with Crippen LogP contribution < -0.4 is 5.32 Å². The number of amides is 1. The van der Waals surface area contributed by atoms with E-state index >= 15 is 0 Å². The average molecular weight is 356 g/mol. The van der Waals surface area contributed by atoms with Gasteiger partial charge in [0.05, 0.1) is 4.92 Å². The van der Waals surface area contributed by atoms with Crippen LogP contribution in [-0.2, 0) is 16.0 Å². The zero-order valence-corrected chi connectivity index (χ0v) is 14.4. The van der Waals surface area contributed by atoms with Gasteiger partial charge in [0.15, 0.2) is 6.61 Å². The zero-order chi connectivity index (χ0) is 18.9. The molecule has 1 N–H and O–H groups in total. The van der Waals surface area contributed by atoms with Crippen molar-refractivity contribution in [1.82, 2.24) is 5.32 Å². The van der Waals surface area contributed by atoms with Crippen molar-refractivity contribution in [3.63, 3.8) is 0 Å². The number of aryl methyl sites for hydroxylation is 1. The Labute approximate surface area is 151 Å². The second kappa shape index (κ2) is 9.31. The first-order valence-electron chi connectivity index (χ1n) is 8.21. The van der Waals surface area contributed by atoms with Gasteiger partial charge in [-0.3, -0.25) is 14.9 Å². The smallest absolute Gasteiger partial charge is 0.345 e. The Morgan fingerprint density at radius 1 is 1.12 bits per heavy atom. The minimum Gasteiger partial charge on any atom is -0.452 e. The zero-order valence-electron chi connectivity index (χ0n) is 14.4. The molecule has 7 heteroatoms. The van der Waals surface area contributed by atoms with Crippen LogP contribution in [0.4, 0.5) is 5.69 Å². The van der Waals surface area contributed by atoms with E-state index in [0.717, 1.165) is 12.8 Å². The molecule has 0 aliphatic carbocycles. The van der Waals surface area contributed by atoms with Gasteiger partial charge in [0.25, 0.3) is 11.6 Å². The van der Waals surface area contributed by atoms with Crippen molar-refractivity contribution in [1.29, 1.82) is 0 Å². The number of nitrogens with one attached hydrogen (secondary N) is 1. The van der Waals surface area contributed by atoms with Crippen molar-refractivity contribution < 1.29 is 19.2 Å². The molecule has 0 aliphatic rings. The van der Waals surface area contributed by atoms with Crippen LogP contribution >= 0.6 is 0 Å². The summed E-state index contributed by atoms with van der Waals surface area (Å²) in [6.07, 6.45) is 1.56. The van der Waals surface area contributed by atoms with Gasteiger partial charge in [-0.1, -0.05) is 42.5 Å². The van der Waals surface area contributed by atoms with Crippen LogP contribution in [0.15, 0.2) is 54.6 Å². The van der Waals surface area contributed by atoms with Crippen molar-refractivity contribution in [2.24, 2.45) is 0 Å². The third-order valence-corrected chi connectivity index (χ3v) is 3.77. The lowest BCUT2D eigenvalue weighted by molar-refractivity contribution is -0.385. The fraction of sp³-hybridized carbons (Fsp3) is 0.263. The molecule has 2 aromatic rings. The Balaban J connectivity index is 1.79. The summed E-state index contributed by atoms with van der Waals surface area (Å²) in [6, 6.07) is 15.3. The number of nitrogens with zero attached hydrogens (tertiary/aromatic N) is 1. The first kappa shape index (κ1) is 19.1. The molecule has 0 bridgehead atoms. The van der Waals surface area contributed by atoms with E-state index in [4.69, 9.17) is 4.74 Å². The molecule has 1 atom stereocenters. The van der Waals surface area contributed by atoms with E-state index in [9.17, 15) is 19.7 Å². The normalized spacial score (nSPS) is 11.4. The van der Waals surface area contributed by atoms with Gasteiger partial charge in [-0.05, 0) is 31.4 Å². The second-order valence-electron chi connectivity index (χ2n) is 5.84. The predicted molar refractivity (Wildman–Crippen MR) is 95.7 cm³/mol. The van der Waals surface area contributed by atoms with Crippen molar-refractivity contribution in [3.8, 4) is 0 Å². The molecular formula is C19H20N2O5. The summed E-state index contributed by atoms with van der Waals surface area (Å²) < 4.78 is 4.89. The summed E-state index contributed by atoms with van der Waals surface area (Å²) in [7, 11) is 0. The largest absolute Gasteiger partial charge is 0.452 e. The molecule has 0 spiro atoms. The Morgan fingerprint density at radius 3 is 2.46 bits per heavy atom. The molecule has 0 saturated heterocycles. The summed E-state index contributed by atoms with van der Waals surface area (Å²) in [5.74, 6) is -1.35. The fourth-order valence-corrected chi connectivity index (χ4v) is 2.43. The van der Waals surface area contributed by atoms with E-state index in [2.05, 4.69) is 5.32 Å². The van der Waals surface area contributed by atoms with Crippen LogP contribution in [0.3, 0.4) is 0 Å². The molecule has 2 rings (SSSR count). The lowest BCUT2D eigenvalue weighted by Crippen LogP contribution is -2.36. The summed E-state index contributed by atoms with van der Waals surface area (Å²) in [5, 5.41) is 13.7. The maximum atomic E-state index is 12.0. The maximum Gasteiger partial charge on any atom is 0.345 e. The molecule has 7 nitrogen and oxygen atoms in total. The van der Waals surface area contributed by atoms with Gasteiger partial charge >= 0.3 is 5.97 Å². The number of hydrogen-bond acceptors (Lipinski definition) is 5. The predicted octanol–water partition coefficient (Wildman–Crippen LogP) is 2.89. The molecule has 0 heterocycles. The van der Waals surface area contributed by atoms with Crippen molar-refractivity contribution in [3.05, 3.63) is 75.8 Å². The van der Waals surface area contributed by atoms with Gasteiger partial charge < -0.3 is 10.1 Å². The lowest BCUT2D eigenvalue weighted by Gasteiger charge is -2.14. The monoisotopic (exact) mass is 356 g/mol. The van der Waals surface area contributed by atoms with Gasteiger partial charge in [-0.2, -0.15) is 0 Å². The number of nitro groups is 1. The maximum absolute atomic E-state index is 12.0. The summed E-state index contributed by atoms with van der Waals surface area (Å²) >= 11 is 0. The number of ether oxygens (including phenoxy) is 1. The third-order valence-electron chi connectivity index (χ3n) is 3.77. The lowest BCUT2D eigenvalue weighted by atomic mass is 10.1. The van der Waals surface area contributed by atoms with E-state index < -0.39 is 23.4 Å². The van der Waals surface area contributed by atoms with Gasteiger partial charge in [0.2, 0.25) is 0 Å². The van der Waals surface area contributed by atoms with Crippen LogP contribution in [0, 0.1) is 10.1 Å². The Morgan fingerprint density at radius 2 is 1.77 bits per heavy atom. The number of para-hydroxylation sites is 1. The molecule has 0 aromatic heterocycles. The van der Waals surface area contributed by atoms with Crippen LogP contribution in [0.5, 0.6) is 0 Å². The molecule has 0 unspecified atom stereocenters. The molecule has 2 aromatic carbocycles. The van der Waals surface area contributed by atoms with Crippen LogP contribution in [0.1, 0.15) is 29.3 Å². The van der Waals surface area contributed by atoms with Gasteiger partial charge in [-0.25, -0.2) is 4.79 Å². The minimum absolute atomic E-state index is 0.0903. The van der Waals surface area contributed by atoms with Crippen LogP contribution in [-0.4, -0.2) is 29.4 Å². The Hall–Kier alpha value is -3.22. The number of carbonyl (C=O) groups is 2. The van der Waals surface area contributed by atoms with E-state index in [1.807, 2.05) is 37.3 Å². The Kier molecular flexibility index (Phi) is 6.84. The quantitative estimate of drug-likeness (QED) is 0.445. The van der Waals surface area contributed by atoms with Crippen LogP contribution in [0.2, 0.25) is 0 Å². The second-order valence-corrected chi connectivity index (χ2v) is 5.84. The highest BCUT2D eigenvalue weighted by molar-refractivity contribution is 5.95. The van der Waals surface area contributed by atoms with Gasteiger partial charge in [-0.15, -0.1) is 0 Å². The molecule has 0 radical (unpaired) electrons. The van der Waals surface area contributed by atoms with Crippen molar-refractivity contribution >= 4 is 17.6 Å². The number of benzene rings is 2. The van der Waals surface area contributed by atoms with Crippen LogP contribution in [0.25, 0.3) is 0 Å². The highest BCUT2D eigenvalue weighted by Crippen LogP contribution is 2.18. The van der Waals surface area contributed by atoms with E-state index in [0.29, 0.717) is 0 Å². The number of esters is 1. The fourth-order valence-electron chi connectivity index (χ4n) is 2.43. The molecule has 1 amide bonds. The minimum atomic E-state index is -0.899. The van der Waals surface area contributed by atoms with Gasteiger partial charge in [0, 0.05) is 12.1 Å². The topological polar surface area (TPSA) is 98.5 Å². The summed E-state index contributed by atoms with van der Waals surface area (Å²) in [4.78, 5) is 34.1. The standard InChI is InChI=1S/C19H20N2O5/c1-14(11-12-15-7-3-2-4-8-15)20-18(22)13-26-19(23)16-9-5-6-10-17(16)21(24)25/h2-10,14H,11-13H2,1H3,(H,20,22)/t14-/m1/s1. The molecular weight excluding hydrogens is 336 g/mol. The van der Waals surface area contributed by atoms with Crippen molar-refractivity contribution in [2.45, 2.75) is 25.8 Å². The van der Waals surface area contributed by atoms with E-state index in [-0.39, 0.29) is 17.3 Å². The number of carbonyl (C=O) groups excluding carboxylic acids is 2. The van der Waals surface area contributed by atoms with Crippen molar-refractivity contribution in [2.75, 3.05) is 6.61 Å². The first-order chi connectivity index (χ1) is 12.5. The summed E-state index contributed by atoms with van der Waals surface area (Å²) in [5.41, 5.74) is 0.646. The SMILES string of the molecule is C[C@H](CCc1ccccc1)NC(=O)COC(=O)c1ccccc1[N+](=O)[O-]. The highest BCUT2D eigenvalue weighted by Gasteiger charge is 2.21.